The average molecular weight is 2020 g/mol. The molecular formula is C113H126N28O9. The molecule has 12 aliphatic heterocycles. The van der Waals surface area contributed by atoms with Crippen molar-refractivity contribution in [2.45, 2.75) is 124 Å². The summed E-state index contributed by atoms with van der Waals surface area (Å²) < 4.78 is 22.2. The minimum Gasteiger partial charge on any atom is -0.475 e. The Bertz CT molecular complexity index is 6930. The van der Waals surface area contributed by atoms with Gasteiger partial charge in [0.2, 0.25) is 53.1 Å². The number of anilines is 5. The zero-order chi connectivity index (χ0) is 103. The maximum atomic E-state index is 14.1. The summed E-state index contributed by atoms with van der Waals surface area (Å²) in [7, 11) is 5.58. The number of piperazine rings is 2. The number of nitrogens with zero attached hydrogens (tertiary/aromatic N) is 28. The molecule has 0 unspecified atom stereocenters. The Morgan fingerprint density at radius 2 is 0.693 bits per heavy atom. The number of benzene rings is 4. The predicted molar refractivity (Wildman–Crippen MR) is 570 cm³/mol. The first-order chi connectivity index (χ1) is 72.7. The second-order valence-corrected chi connectivity index (χ2v) is 42.1. The van der Waals surface area contributed by atoms with Crippen LogP contribution in [0.25, 0.3) is 39.7 Å². The van der Waals surface area contributed by atoms with Gasteiger partial charge in [0.1, 0.15) is 30.6 Å². The Labute approximate surface area is 871 Å². The van der Waals surface area contributed by atoms with Gasteiger partial charge < -0.3 is 43.6 Å². The van der Waals surface area contributed by atoms with E-state index < -0.39 is 16.2 Å². The summed E-state index contributed by atoms with van der Waals surface area (Å²) in [6.07, 6.45) is 18.1. The molecular weight excluding hydrogens is 1890 g/mol. The van der Waals surface area contributed by atoms with Crippen molar-refractivity contribution in [3.05, 3.63) is 251 Å². The van der Waals surface area contributed by atoms with E-state index in [2.05, 4.69) is 124 Å². The summed E-state index contributed by atoms with van der Waals surface area (Å²) in [4.78, 5) is 156. The number of rotatable bonds is 24. The van der Waals surface area contributed by atoms with E-state index in [-0.39, 0.29) is 53.8 Å². The van der Waals surface area contributed by atoms with Crippen LogP contribution >= 0.6 is 0 Å². The summed E-state index contributed by atoms with van der Waals surface area (Å²) in [5.41, 5.74) is 18.1. The fourth-order valence-electron chi connectivity index (χ4n) is 22.8. The zero-order valence-corrected chi connectivity index (χ0v) is 86.5. The lowest BCUT2D eigenvalue weighted by Gasteiger charge is -2.37. The molecule has 3 spiro atoms. The number of aryl methyl sites for hydroxylation is 3. The number of likely N-dealkylation sites (tertiary alicyclic amines) is 3. The van der Waals surface area contributed by atoms with Gasteiger partial charge >= 0.3 is 0 Å². The van der Waals surface area contributed by atoms with Crippen LogP contribution in [0, 0.1) is 16.2 Å². The standard InChI is InChI=1S/C38H43N9O3.C38H41N9O3.C37H42N10O3/c1-26(2)50-33-11-7-29(22-39-33)35-32-20-31(10-6-28(32)21-40-35)47-15-13-38(37(47)49)12-14-44(24-38)23-34(48)46-18-16-45(17-19-46)30-8-4-27(5-9-30)36-41-25-43(3)42-36;1-25(2)50-32-11-9-29(20-39-32)34-35-30(21-40-34)8-10-31(42-35)47-19-15-38(37(47)49)14-18-45(23-38)22-33(48)46-16-12-27(13-17-46)26-4-6-28(7-5-26)36-41-24-44(3)43-36;1-25(2)50-31-11-7-27(20-38-31)33-34-28(21-39-33)6-10-30(41-34)47-15-13-37(36(47)49)12-14-44(23-37)22-32(48)46-18-16-45(17-19-46)29-8-4-26(5-9-29)35-40-24-43(3)42-35/h4-11,20,22,25-26H,12-19,21,23-24H2,1-3H3;4-12,20,24-25H,13-19,21-23H2,1-3H3;4-11,20,24-25H,12-19,21-23H2,1-3H3/t2*38-;37-/m000/s1. The fraction of sp³-hybridized carbons (Fsp3) is 0.416. The average Bonchev–Trinajstić information content (AvgIpc) is 1.60. The van der Waals surface area contributed by atoms with Gasteiger partial charge in [-0.2, -0.15) is 15.3 Å². The molecule has 4 aromatic carbocycles. The molecule has 24 rings (SSSR count). The first-order valence-electron chi connectivity index (χ1n) is 52.4. The summed E-state index contributed by atoms with van der Waals surface area (Å²) in [5.74, 6) is 5.94. The van der Waals surface area contributed by atoms with Gasteiger partial charge in [0.05, 0.1) is 102 Å². The van der Waals surface area contributed by atoms with Crippen LogP contribution in [0.3, 0.4) is 0 Å². The molecule has 37 nitrogen and oxygen atoms in total. The SMILES string of the molecule is CC(C)Oc1ccc(C2=NCc3ccc(N4CC[C@]5(CCN(CC(=O)N6CC=C(c7ccc(-c8ncn(C)n8)cc7)CC6)C5)C4=O)nc32)cn1.CC(C)Oc1ccc(C2=NCc3ccc(N4CC[C@]5(CCN(CC(=O)N6CCN(c7ccc(-c8ncn(C)n8)cc7)CC6)C5)C4=O)cc32)cn1.CC(C)Oc1ccc(C2=NCc3ccc(N4CC[C@]5(CCN(CC(=O)N6CCN(c7ccc(-c8ncn(C)n8)cc7)CC6)C5)C4=O)nc32)cn1. The lowest BCUT2D eigenvalue weighted by Crippen LogP contribution is -2.51. The molecule has 772 valence electrons. The van der Waals surface area contributed by atoms with Crippen molar-refractivity contribution < 1.29 is 43.0 Å². The van der Waals surface area contributed by atoms with E-state index in [1.54, 1.807) is 45.4 Å². The van der Waals surface area contributed by atoms with Crippen LogP contribution < -0.4 is 38.7 Å². The normalized spacial score (nSPS) is 20.6. The van der Waals surface area contributed by atoms with Crippen molar-refractivity contribution >= 4 is 86.8 Å². The molecule has 8 saturated heterocycles. The maximum absolute atomic E-state index is 14.1. The molecule has 0 N–H and O–H groups in total. The quantitative estimate of drug-likeness (QED) is 0.0542. The van der Waals surface area contributed by atoms with E-state index >= 15 is 0 Å². The van der Waals surface area contributed by atoms with E-state index in [1.807, 2.05) is 201 Å². The smallest absolute Gasteiger partial charge is 0.237 e. The third-order valence-corrected chi connectivity index (χ3v) is 30.9. The van der Waals surface area contributed by atoms with Gasteiger partial charge in [0.15, 0.2) is 17.5 Å². The molecule has 8 aromatic heterocycles. The molecule has 6 amide bonds. The number of aromatic nitrogens is 14. The summed E-state index contributed by atoms with van der Waals surface area (Å²) in [6.45, 7) is 27.6. The molecule has 0 bridgehead atoms. The Morgan fingerprint density at radius 3 is 1.07 bits per heavy atom. The topological polar surface area (TPSA) is 359 Å². The zero-order valence-electron chi connectivity index (χ0n) is 86.5. The largest absolute Gasteiger partial charge is 0.475 e. The molecule has 3 atom stereocenters. The molecule has 37 heteroatoms. The van der Waals surface area contributed by atoms with E-state index in [4.69, 9.17) is 39.2 Å². The monoisotopic (exact) mass is 2020 g/mol. The van der Waals surface area contributed by atoms with Crippen molar-refractivity contribution in [3.8, 4) is 51.8 Å². The molecule has 12 aromatic rings. The predicted octanol–water partition coefficient (Wildman–Crippen LogP) is 11.1. The van der Waals surface area contributed by atoms with Crippen molar-refractivity contribution in [1.82, 2.24) is 98.6 Å². The van der Waals surface area contributed by atoms with Crippen LogP contribution in [0.5, 0.6) is 17.6 Å². The second kappa shape index (κ2) is 41.9. The van der Waals surface area contributed by atoms with Gasteiger partial charge in [-0.3, -0.25) is 82.3 Å². The van der Waals surface area contributed by atoms with Crippen LogP contribution in [0.4, 0.5) is 28.7 Å². The third-order valence-electron chi connectivity index (χ3n) is 30.9. The van der Waals surface area contributed by atoms with Crippen molar-refractivity contribution in [2.24, 2.45) is 52.4 Å². The lowest BCUT2D eigenvalue weighted by atomic mass is 9.85. The van der Waals surface area contributed by atoms with Gasteiger partial charge in [-0.05, 0) is 214 Å². The number of ether oxygens (including phenoxy) is 3. The second-order valence-electron chi connectivity index (χ2n) is 42.1. The molecule has 8 fully saturated rings. The molecule has 150 heavy (non-hydrogen) atoms. The highest BCUT2D eigenvalue weighted by Gasteiger charge is 2.55. The van der Waals surface area contributed by atoms with Gasteiger partial charge in [-0.15, -0.1) is 0 Å². The Balaban J connectivity index is 0.000000127. The number of carbonyl (C=O) groups excluding carboxylic acids is 6. The Kier molecular flexibility index (Phi) is 27.7. The number of fused-ring (bicyclic) bond motifs is 3. The number of carbonyl (C=O) groups is 6. The summed E-state index contributed by atoms with van der Waals surface area (Å²) in [5, 5.41) is 13.1. The number of pyridine rings is 5. The van der Waals surface area contributed by atoms with Gasteiger partial charge in [0, 0.05) is 230 Å². The van der Waals surface area contributed by atoms with Crippen LogP contribution in [0.15, 0.2) is 210 Å². The summed E-state index contributed by atoms with van der Waals surface area (Å²) >= 11 is 0. The van der Waals surface area contributed by atoms with Gasteiger partial charge in [-0.1, -0.05) is 48.5 Å². The van der Waals surface area contributed by atoms with Gasteiger partial charge in [-0.25, -0.2) is 39.9 Å². The summed E-state index contributed by atoms with van der Waals surface area (Å²) in [6, 6.07) is 50.6. The lowest BCUT2D eigenvalue weighted by molar-refractivity contribution is -0.133. The fourth-order valence-corrected chi connectivity index (χ4v) is 22.8. The molecule has 12 aliphatic rings. The highest BCUT2D eigenvalue weighted by molar-refractivity contribution is 6.17. The first-order valence-corrected chi connectivity index (χ1v) is 52.4. The van der Waals surface area contributed by atoms with E-state index in [9.17, 15) is 28.8 Å². The van der Waals surface area contributed by atoms with E-state index in [1.165, 1.54) is 5.57 Å². The molecule has 20 heterocycles. The van der Waals surface area contributed by atoms with Crippen LogP contribution in [0.1, 0.15) is 142 Å². The highest BCUT2D eigenvalue weighted by atomic mass is 16.5. The van der Waals surface area contributed by atoms with Crippen LogP contribution in [-0.2, 0) is 69.5 Å². The molecule has 0 saturated carbocycles. The van der Waals surface area contributed by atoms with Gasteiger partial charge in [0.25, 0.3) is 0 Å². The Morgan fingerprint density at radius 1 is 0.347 bits per heavy atom. The highest BCUT2D eigenvalue weighted by Crippen LogP contribution is 2.47. The number of hydrogen-bond donors (Lipinski definition) is 0. The molecule has 0 aliphatic carbocycles. The number of aliphatic imine (C=N–C) groups is 3. The van der Waals surface area contributed by atoms with Crippen LogP contribution in [0.2, 0.25) is 0 Å². The number of amides is 6. The third kappa shape index (κ3) is 20.7. The minimum atomic E-state index is -0.486. The van der Waals surface area contributed by atoms with Crippen molar-refractivity contribution in [3.63, 3.8) is 0 Å². The van der Waals surface area contributed by atoms with E-state index in [0.29, 0.717) is 165 Å². The molecule has 0 radical (unpaired) electrons. The number of hydrogen-bond acceptors (Lipinski definition) is 28. The van der Waals surface area contributed by atoms with E-state index in [0.717, 1.165) is 198 Å². The Hall–Kier alpha value is -15.5. The minimum absolute atomic E-state index is 0.0454. The van der Waals surface area contributed by atoms with Crippen molar-refractivity contribution in [1.29, 1.82) is 0 Å². The van der Waals surface area contributed by atoms with Crippen LogP contribution in [-0.4, -0.2) is 313 Å². The first kappa shape index (κ1) is 99.1. The van der Waals surface area contributed by atoms with Crippen molar-refractivity contribution in [2.75, 3.05) is 168 Å². The maximum Gasteiger partial charge on any atom is 0.237 e.